The number of hydrogen-bond donors (Lipinski definition) is 3. The zero-order chi connectivity index (χ0) is 8.43. The van der Waals surface area contributed by atoms with Crippen molar-refractivity contribution in [2.75, 3.05) is 26.7 Å². The monoisotopic (exact) mass is 161 g/mol. The number of aliphatic hydroxyl groups excluding tert-OH is 3. The number of likely N-dealkylation sites (tertiary alicyclic amines) is 1. The van der Waals surface area contributed by atoms with E-state index in [0.29, 0.717) is 13.1 Å². The summed E-state index contributed by atoms with van der Waals surface area (Å²) in [5.41, 5.74) is 0. The van der Waals surface area contributed by atoms with Crippen LogP contribution in [0.25, 0.3) is 0 Å². The Labute approximate surface area is 66.1 Å². The van der Waals surface area contributed by atoms with E-state index in [0.717, 1.165) is 0 Å². The van der Waals surface area contributed by atoms with E-state index in [9.17, 15) is 10.2 Å². The molecule has 1 aliphatic heterocycles. The molecule has 4 heteroatoms. The Morgan fingerprint density at radius 3 is 2.55 bits per heavy atom. The highest BCUT2D eigenvalue weighted by Crippen LogP contribution is 2.15. The van der Waals surface area contributed by atoms with E-state index in [1.807, 2.05) is 11.9 Å². The van der Waals surface area contributed by atoms with Crippen LogP contribution >= 0.6 is 0 Å². The summed E-state index contributed by atoms with van der Waals surface area (Å²) in [7, 11) is 1.86. The quantitative estimate of drug-likeness (QED) is 0.427. The second kappa shape index (κ2) is 3.49. The van der Waals surface area contributed by atoms with Crippen molar-refractivity contribution >= 4 is 0 Å². The van der Waals surface area contributed by atoms with Gasteiger partial charge in [-0.25, -0.2) is 0 Å². The van der Waals surface area contributed by atoms with E-state index in [-0.39, 0.29) is 12.5 Å². The molecule has 0 aliphatic carbocycles. The number of nitrogens with zero attached hydrogens (tertiary/aromatic N) is 1. The Hall–Kier alpha value is -0.160. The number of piperidine rings is 1. The molecule has 0 aromatic heterocycles. The van der Waals surface area contributed by atoms with E-state index >= 15 is 0 Å². The lowest BCUT2D eigenvalue weighted by atomic mass is 9.94. The predicted molar refractivity (Wildman–Crippen MR) is 40.1 cm³/mol. The Bertz CT molecular complexity index is 131. The summed E-state index contributed by atoms with van der Waals surface area (Å²) in [4.78, 5) is 1.90. The van der Waals surface area contributed by atoms with Crippen molar-refractivity contribution in [3.05, 3.63) is 0 Å². The Balaban J connectivity index is 2.51. The van der Waals surface area contributed by atoms with Crippen molar-refractivity contribution in [3.8, 4) is 0 Å². The molecule has 1 rings (SSSR count). The molecule has 66 valence electrons. The van der Waals surface area contributed by atoms with Crippen molar-refractivity contribution in [2.45, 2.75) is 12.2 Å². The number of aliphatic hydroxyl groups is 3. The third-order valence-corrected chi connectivity index (χ3v) is 2.16. The second-order valence-electron chi connectivity index (χ2n) is 3.22. The van der Waals surface area contributed by atoms with Crippen LogP contribution in [-0.4, -0.2) is 59.2 Å². The fraction of sp³-hybridized carbons (Fsp3) is 1.00. The molecule has 0 spiro atoms. The molecule has 4 nitrogen and oxygen atoms in total. The van der Waals surface area contributed by atoms with Crippen LogP contribution in [0.4, 0.5) is 0 Å². The third-order valence-electron chi connectivity index (χ3n) is 2.16. The summed E-state index contributed by atoms with van der Waals surface area (Å²) in [6.45, 7) is 1.06. The molecule has 0 saturated carbocycles. The smallest absolute Gasteiger partial charge is 0.0929 e. The van der Waals surface area contributed by atoms with Gasteiger partial charge in [-0.05, 0) is 7.05 Å². The highest BCUT2D eigenvalue weighted by Gasteiger charge is 2.32. The Morgan fingerprint density at radius 2 is 2.00 bits per heavy atom. The van der Waals surface area contributed by atoms with Crippen molar-refractivity contribution < 1.29 is 15.3 Å². The minimum Gasteiger partial charge on any atom is -0.396 e. The van der Waals surface area contributed by atoms with Gasteiger partial charge in [-0.1, -0.05) is 0 Å². The van der Waals surface area contributed by atoms with Gasteiger partial charge < -0.3 is 20.2 Å². The largest absolute Gasteiger partial charge is 0.396 e. The second-order valence-corrected chi connectivity index (χ2v) is 3.22. The van der Waals surface area contributed by atoms with Gasteiger partial charge in [0.05, 0.1) is 12.2 Å². The molecule has 3 N–H and O–H groups in total. The van der Waals surface area contributed by atoms with Gasteiger partial charge in [-0.3, -0.25) is 0 Å². The fourth-order valence-corrected chi connectivity index (χ4v) is 1.49. The van der Waals surface area contributed by atoms with Crippen molar-refractivity contribution in [3.63, 3.8) is 0 Å². The maximum atomic E-state index is 9.32. The van der Waals surface area contributed by atoms with Gasteiger partial charge in [-0.2, -0.15) is 0 Å². The Morgan fingerprint density at radius 1 is 1.36 bits per heavy atom. The summed E-state index contributed by atoms with van der Waals surface area (Å²) in [5, 5.41) is 27.4. The number of likely N-dealkylation sites (N-methyl/N-ethyl adjacent to an activating group) is 1. The first-order valence-electron chi connectivity index (χ1n) is 3.80. The van der Waals surface area contributed by atoms with Crippen LogP contribution in [0.3, 0.4) is 0 Å². The normalized spacial score (nSPS) is 40.9. The van der Waals surface area contributed by atoms with Gasteiger partial charge in [0.25, 0.3) is 0 Å². The summed E-state index contributed by atoms with van der Waals surface area (Å²) >= 11 is 0. The third kappa shape index (κ3) is 1.90. The molecule has 11 heavy (non-hydrogen) atoms. The predicted octanol–water partition coefficient (Wildman–Crippen LogP) is -1.74. The lowest BCUT2D eigenvalue weighted by molar-refractivity contribution is -0.0804. The maximum absolute atomic E-state index is 9.32. The topological polar surface area (TPSA) is 63.9 Å². The van der Waals surface area contributed by atoms with Gasteiger partial charge >= 0.3 is 0 Å². The molecular formula is C7H15NO3. The van der Waals surface area contributed by atoms with Crippen molar-refractivity contribution in [1.82, 2.24) is 4.90 Å². The van der Waals surface area contributed by atoms with E-state index in [1.54, 1.807) is 0 Å². The van der Waals surface area contributed by atoms with Crippen LogP contribution in [0.2, 0.25) is 0 Å². The molecule has 0 radical (unpaired) electrons. The summed E-state index contributed by atoms with van der Waals surface area (Å²) in [6, 6.07) is 0. The van der Waals surface area contributed by atoms with Gasteiger partial charge in [0.1, 0.15) is 0 Å². The van der Waals surface area contributed by atoms with Crippen LogP contribution in [0.1, 0.15) is 0 Å². The van der Waals surface area contributed by atoms with E-state index in [4.69, 9.17) is 5.11 Å². The minimum absolute atomic E-state index is 0.0669. The van der Waals surface area contributed by atoms with E-state index < -0.39 is 12.2 Å². The highest BCUT2D eigenvalue weighted by molar-refractivity contribution is 4.84. The summed E-state index contributed by atoms with van der Waals surface area (Å²) in [6.07, 6.45) is -1.48. The molecule has 1 fully saturated rings. The zero-order valence-electron chi connectivity index (χ0n) is 6.64. The molecule has 0 amide bonds. The number of β-amino-alcohol motifs (C(OH)–C–C–N with tert-alkyl or cyclic N) is 1. The molecule has 0 unspecified atom stereocenters. The fourth-order valence-electron chi connectivity index (χ4n) is 1.49. The molecule has 0 bridgehead atoms. The highest BCUT2D eigenvalue weighted by atomic mass is 16.3. The molecule has 3 atom stereocenters. The first kappa shape index (κ1) is 8.93. The van der Waals surface area contributed by atoms with Crippen LogP contribution < -0.4 is 0 Å². The van der Waals surface area contributed by atoms with Crippen molar-refractivity contribution in [2.24, 2.45) is 5.92 Å². The standard InChI is InChI=1S/C7H15NO3/c1-8-2-5(4-9)7(11)6(10)3-8/h5-7,9-11H,2-4H2,1H3/t5-,6-,7+/m0/s1. The average Bonchev–Trinajstić information content (AvgIpc) is 1.96. The zero-order valence-corrected chi connectivity index (χ0v) is 6.64. The van der Waals surface area contributed by atoms with Gasteiger partial charge in [0.15, 0.2) is 0 Å². The van der Waals surface area contributed by atoms with E-state index in [2.05, 4.69) is 0 Å². The maximum Gasteiger partial charge on any atom is 0.0929 e. The molecular weight excluding hydrogens is 146 g/mol. The molecule has 0 aromatic rings. The lowest BCUT2D eigenvalue weighted by Crippen LogP contribution is -2.52. The molecule has 1 saturated heterocycles. The first-order chi connectivity index (χ1) is 5.15. The Kier molecular flexibility index (Phi) is 2.84. The molecule has 1 heterocycles. The SMILES string of the molecule is CN1C[C@@H](CO)[C@@H](O)[C@@H](O)C1. The summed E-state index contributed by atoms with van der Waals surface area (Å²) < 4.78 is 0. The summed E-state index contributed by atoms with van der Waals surface area (Å²) in [5.74, 6) is -0.205. The molecule has 1 aliphatic rings. The van der Waals surface area contributed by atoms with Crippen LogP contribution in [0, 0.1) is 5.92 Å². The van der Waals surface area contributed by atoms with Gasteiger partial charge in [0.2, 0.25) is 0 Å². The van der Waals surface area contributed by atoms with Crippen LogP contribution in [0.15, 0.2) is 0 Å². The van der Waals surface area contributed by atoms with Crippen LogP contribution in [0.5, 0.6) is 0 Å². The lowest BCUT2D eigenvalue weighted by Gasteiger charge is -2.36. The first-order valence-corrected chi connectivity index (χ1v) is 3.80. The average molecular weight is 161 g/mol. The number of hydrogen-bond acceptors (Lipinski definition) is 4. The molecule has 0 aromatic carbocycles. The van der Waals surface area contributed by atoms with E-state index in [1.165, 1.54) is 0 Å². The number of rotatable bonds is 1. The van der Waals surface area contributed by atoms with Crippen molar-refractivity contribution in [1.29, 1.82) is 0 Å². The van der Waals surface area contributed by atoms with Gasteiger partial charge in [0, 0.05) is 25.6 Å². The van der Waals surface area contributed by atoms with Crippen LogP contribution in [-0.2, 0) is 0 Å². The van der Waals surface area contributed by atoms with Gasteiger partial charge in [-0.15, -0.1) is 0 Å². The minimum atomic E-state index is -0.767.